The van der Waals surface area contributed by atoms with Crippen LogP contribution in [0.4, 0.5) is 29.1 Å². The first-order chi connectivity index (χ1) is 18.3. The molecule has 38 heavy (non-hydrogen) atoms. The maximum absolute atomic E-state index is 14.9. The highest BCUT2D eigenvalue weighted by Gasteiger charge is 2.28. The third-order valence-corrected chi connectivity index (χ3v) is 7.01. The molecule has 3 N–H and O–H groups in total. The Labute approximate surface area is 219 Å². The van der Waals surface area contributed by atoms with E-state index in [1.807, 2.05) is 12.1 Å². The highest BCUT2D eigenvalue weighted by Crippen LogP contribution is 2.38. The molecule has 4 heterocycles. The quantitative estimate of drug-likeness (QED) is 0.458. The van der Waals surface area contributed by atoms with E-state index in [-0.39, 0.29) is 28.1 Å². The lowest BCUT2D eigenvalue weighted by molar-refractivity contribution is 0.132. The van der Waals surface area contributed by atoms with Crippen LogP contribution in [0.25, 0.3) is 11.3 Å². The molecule has 0 spiro atoms. The molecule has 1 aromatic heterocycles. The summed E-state index contributed by atoms with van der Waals surface area (Å²) in [6, 6.07) is 5.84. The van der Waals surface area contributed by atoms with Crippen molar-refractivity contribution < 1.29 is 17.6 Å². The summed E-state index contributed by atoms with van der Waals surface area (Å²) in [5, 5.41) is 8.83. The summed E-state index contributed by atoms with van der Waals surface area (Å²) in [5.74, 6) is -0.940. The Morgan fingerprint density at radius 2 is 1.84 bits per heavy atom. The smallest absolute Gasteiger partial charge is 0.264 e. The van der Waals surface area contributed by atoms with Gasteiger partial charge >= 0.3 is 0 Å². The van der Waals surface area contributed by atoms with Crippen LogP contribution < -0.4 is 16.0 Å². The minimum atomic E-state index is -2.79. The summed E-state index contributed by atoms with van der Waals surface area (Å²) in [6.07, 6.45) is 0.588. The van der Waals surface area contributed by atoms with Crippen LogP contribution in [0.3, 0.4) is 0 Å². The summed E-state index contributed by atoms with van der Waals surface area (Å²) in [4.78, 5) is 13.4. The Kier molecular flexibility index (Phi) is 7.66. The summed E-state index contributed by atoms with van der Waals surface area (Å²) >= 11 is 0. The van der Waals surface area contributed by atoms with Gasteiger partial charge in [-0.05, 0) is 37.2 Å². The zero-order valence-corrected chi connectivity index (χ0v) is 21.3. The monoisotopic (exact) mass is 529 g/mol. The van der Waals surface area contributed by atoms with Gasteiger partial charge in [0, 0.05) is 61.7 Å². The predicted octanol–water partition coefficient (Wildman–Crippen LogP) is 4.53. The van der Waals surface area contributed by atoms with E-state index in [9.17, 15) is 17.6 Å². The van der Waals surface area contributed by atoms with E-state index in [1.165, 1.54) is 12.1 Å². The molecule has 3 aliphatic rings. The number of pyridine rings is 1. The van der Waals surface area contributed by atoms with Gasteiger partial charge in [-0.3, -0.25) is 4.90 Å². The van der Waals surface area contributed by atoms with Crippen molar-refractivity contribution in [2.24, 2.45) is 4.99 Å². The Morgan fingerprint density at radius 1 is 1.08 bits per heavy atom. The Morgan fingerprint density at radius 3 is 2.53 bits per heavy atom. The van der Waals surface area contributed by atoms with E-state index in [0.29, 0.717) is 5.82 Å². The van der Waals surface area contributed by atoms with Crippen molar-refractivity contribution in [1.82, 2.24) is 20.1 Å². The highest BCUT2D eigenvalue weighted by atomic mass is 19.3. The largest absolute Gasteiger partial charge is 0.376 e. The van der Waals surface area contributed by atoms with Crippen LogP contribution in [-0.4, -0.2) is 72.5 Å². The average molecular weight is 530 g/mol. The summed E-state index contributed by atoms with van der Waals surface area (Å²) < 4.78 is 57.1. The molecule has 7 nitrogen and oxygen atoms in total. The van der Waals surface area contributed by atoms with Crippen LogP contribution in [-0.2, 0) is 6.54 Å². The maximum Gasteiger partial charge on any atom is 0.264 e. The lowest BCUT2D eigenvalue weighted by Crippen LogP contribution is -2.45. The first-order valence-electron chi connectivity index (χ1n) is 12.8. The molecular weight excluding hydrogens is 498 g/mol. The average Bonchev–Trinajstić information content (AvgIpc) is 2.91. The van der Waals surface area contributed by atoms with Crippen molar-refractivity contribution in [3.63, 3.8) is 0 Å². The highest BCUT2D eigenvalue weighted by molar-refractivity contribution is 5.92. The van der Waals surface area contributed by atoms with Crippen molar-refractivity contribution in [2.45, 2.75) is 39.1 Å². The first kappa shape index (κ1) is 26.2. The molecule has 11 heteroatoms. The number of benzene rings is 1. The number of rotatable bonds is 7. The minimum Gasteiger partial charge on any atom is -0.376 e. The van der Waals surface area contributed by atoms with Gasteiger partial charge in [0.1, 0.15) is 11.6 Å². The zero-order valence-electron chi connectivity index (χ0n) is 21.3. The molecule has 0 aliphatic carbocycles. The fourth-order valence-electron chi connectivity index (χ4n) is 4.95. The fraction of sp³-hybridized carbons (Fsp3) is 0.407. The molecule has 0 amide bonds. The Bertz CT molecular complexity index is 1250. The van der Waals surface area contributed by atoms with Crippen LogP contribution >= 0.6 is 0 Å². The van der Waals surface area contributed by atoms with Gasteiger partial charge in [0.15, 0.2) is 12.1 Å². The van der Waals surface area contributed by atoms with Gasteiger partial charge in [-0.1, -0.05) is 19.1 Å². The molecule has 1 aromatic carbocycles. The molecule has 0 saturated carbocycles. The summed E-state index contributed by atoms with van der Waals surface area (Å²) in [5.41, 5.74) is 0.845. The molecule has 2 atom stereocenters. The number of nitrogens with zero attached hydrogens (tertiary/aromatic N) is 4. The fourth-order valence-corrected chi connectivity index (χ4v) is 4.95. The number of anilines is 2. The molecular formula is C27H31F4N7. The number of piperazine rings is 1. The second-order valence-electron chi connectivity index (χ2n) is 9.69. The van der Waals surface area contributed by atoms with E-state index in [2.05, 4.69) is 42.7 Å². The minimum absolute atomic E-state index is 0.00980. The number of hydrogen-bond acceptors (Lipinski definition) is 7. The predicted molar refractivity (Wildman–Crippen MR) is 142 cm³/mol. The van der Waals surface area contributed by atoms with Gasteiger partial charge < -0.3 is 20.9 Å². The maximum atomic E-state index is 14.9. The van der Waals surface area contributed by atoms with Crippen LogP contribution in [0.15, 0.2) is 47.4 Å². The molecule has 0 radical (unpaired) electrons. The Balaban J connectivity index is 1.27. The van der Waals surface area contributed by atoms with E-state index < -0.39 is 30.4 Å². The van der Waals surface area contributed by atoms with E-state index in [1.54, 1.807) is 13.1 Å². The number of nitrogens with one attached hydrogen (secondary N) is 3. The summed E-state index contributed by atoms with van der Waals surface area (Å²) in [6.45, 7) is 9.87. The lowest BCUT2D eigenvalue weighted by Gasteiger charge is -2.33. The van der Waals surface area contributed by atoms with Crippen molar-refractivity contribution >= 4 is 29.0 Å². The number of likely N-dealkylation sites (N-methyl/N-ethyl adjacent to an activating group) is 1. The van der Waals surface area contributed by atoms with Gasteiger partial charge in [-0.25, -0.2) is 27.5 Å². The third-order valence-electron chi connectivity index (χ3n) is 7.01. The van der Waals surface area contributed by atoms with Crippen LogP contribution in [0, 0.1) is 5.82 Å². The summed E-state index contributed by atoms with van der Waals surface area (Å²) in [7, 11) is 0. The standard InChI is InChI=1S/C27H31F4N7/c1-3-37-6-8-38(9-7-37)15-17-4-5-23(32-13-17)35-27-33-14-22(29)24(36-27)18-11-19-20(26(30)31)10-16(2)34-25(19)21(28)12-18/h4-5,10-14,16,26-27,34,36H,3,6-9,15H2,1-2H3,(H,32,35). The SMILES string of the molecule is CCN1CCN(Cc2ccc(NC3N=CC(F)=C(c4cc(F)c5c(c4)C(C(F)F)=CC(C)N5)N3)nc2)CC1. The van der Waals surface area contributed by atoms with Crippen molar-refractivity contribution in [2.75, 3.05) is 43.4 Å². The Hall–Kier alpha value is -3.44. The molecule has 1 saturated heterocycles. The van der Waals surface area contributed by atoms with E-state index >= 15 is 0 Å². The van der Waals surface area contributed by atoms with Crippen molar-refractivity contribution in [3.8, 4) is 0 Å². The number of aromatic nitrogens is 1. The van der Waals surface area contributed by atoms with Crippen molar-refractivity contribution in [1.29, 1.82) is 0 Å². The molecule has 202 valence electrons. The molecule has 0 bridgehead atoms. The van der Waals surface area contributed by atoms with Gasteiger partial charge in [0.05, 0.1) is 17.6 Å². The number of fused-ring (bicyclic) bond motifs is 1. The molecule has 2 aromatic rings. The molecule has 2 unspecified atom stereocenters. The normalized spacial score (nSPS) is 22.1. The van der Waals surface area contributed by atoms with Gasteiger partial charge in [-0.2, -0.15) is 0 Å². The number of allylic oxidation sites excluding steroid dienone is 2. The first-order valence-corrected chi connectivity index (χ1v) is 12.8. The lowest BCUT2D eigenvalue weighted by atomic mass is 9.94. The second-order valence-corrected chi connectivity index (χ2v) is 9.69. The second kappa shape index (κ2) is 11.1. The third kappa shape index (κ3) is 5.68. The van der Waals surface area contributed by atoms with Gasteiger partial charge in [0.2, 0.25) is 0 Å². The number of aliphatic imine (C=N–C) groups is 1. The number of alkyl halides is 2. The molecule has 1 fully saturated rings. The van der Waals surface area contributed by atoms with Gasteiger partial charge in [0.25, 0.3) is 6.43 Å². The number of halogens is 4. The zero-order chi connectivity index (χ0) is 26.8. The topological polar surface area (TPSA) is 67.8 Å². The van der Waals surface area contributed by atoms with Crippen LogP contribution in [0.5, 0.6) is 0 Å². The van der Waals surface area contributed by atoms with Crippen LogP contribution in [0.2, 0.25) is 0 Å². The number of hydrogen-bond donors (Lipinski definition) is 3. The van der Waals surface area contributed by atoms with Crippen molar-refractivity contribution in [3.05, 3.63) is 64.9 Å². The van der Waals surface area contributed by atoms with E-state index in [0.717, 1.165) is 57.1 Å². The van der Waals surface area contributed by atoms with Crippen LogP contribution in [0.1, 0.15) is 30.5 Å². The van der Waals surface area contributed by atoms with E-state index in [4.69, 9.17) is 0 Å². The van der Waals surface area contributed by atoms with Gasteiger partial charge in [-0.15, -0.1) is 0 Å². The molecule has 3 aliphatic heterocycles. The molecule has 5 rings (SSSR count).